The van der Waals surface area contributed by atoms with Crippen LogP contribution in [-0.2, 0) is 0 Å². The maximum atomic E-state index is 12.2. The average Bonchev–Trinajstić information content (AvgIpc) is 2.19. The average molecular weight is 314 g/mol. The molecule has 0 amide bonds. The van der Waals surface area contributed by atoms with Crippen LogP contribution < -0.4 is 4.74 Å². The second kappa shape index (κ2) is 5.59. The molecule has 2 nitrogen and oxygen atoms in total. The van der Waals surface area contributed by atoms with Gasteiger partial charge in [0.2, 0.25) is 0 Å². The molecule has 0 saturated heterocycles. The molecule has 1 aromatic carbocycles. The summed E-state index contributed by atoms with van der Waals surface area (Å²) in [6.45, 7) is -1.52. The van der Waals surface area contributed by atoms with Crippen molar-refractivity contribution in [3.63, 3.8) is 0 Å². The number of benzene rings is 1. The first kappa shape index (κ1) is 13.4. The van der Waals surface area contributed by atoms with Gasteiger partial charge in [0.25, 0.3) is 0 Å². The van der Waals surface area contributed by atoms with Gasteiger partial charge >= 0.3 is 6.61 Å². The lowest BCUT2D eigenvalue weighted by Gasteiger charge is -2.12. The fraction of sp³-hybridized carbons (Fsp3) is 0.300. The Morgan fingerprint density at radius 3 is 2.62 bits per heavy atom. The monoisotopic (exact) mass is 312 g/mol. The molecule has 88 valence electrons. The zero-order chi connectivity index (χ0) is 12.3. The highest BCUT2D eigenvalue weighted by Crippen LogP contribution is 2.31. The lowest BCUT2D eigenvalue weighted by atomic mass is 10.1. The van der Waals surface area contributed by atoms with E-state index in [1.807, 2.05) is 0 Å². The molecule has 1 rings (SSSR count). The van der Waals surface area contributed by atoms with E-state index < -0.39 is 17.8 Å². The van der Waals surface area contributed by atoms with Gasteiger partial charge in [-0.05, 0) is 35.0 Å². The molecule has 1 atom stereocenters. The third kappa shape index (κ3) is 3.15. The summed E-state index contributed by atoms with van der Waals surface area (Å²) in [6, 6.07) is 4.45. The summed E-state index contributed by atoms with van der Waals surface area (Å²) in [7, 11) is 0. The lowest BCUT2D eigenvalue weighted by molar-refractivity contribution is -0.0506. The van der Waals surface area contributed by atoms with Crippen LogP contribution >= 0.6 is 27.5 Å². The van der Waals surface area contributed by atoms with Crippen molar-refractivity contribution in [1.29, 1.82) is 0 Å². The molecule has 1 aromatic rings. The Balaban J connectivity index is 3.17. The number of rotatable bonds is 4. The van der Waals surface area contributed by atoms with Gasteiger partial charge in [-0.15, -0.1) is 11.6 Å². The van der Waals surface area contributed by atoms with Crippen LogP contribution in [0.25, 0.3) is 0 Å². The smallest absolute Gasteiger partial charge is 0.387 e. The maximum Gasteiger partial charge on any atom is 0.387 e. The molecule has 0 aliphatic carbocycles. The number of para-hydroxylation sites is 1. The van der Waals surface area contributed by atoms with Crippen molar-refractivity contribution in [2.24, 2.45) is 0 Å². The van der Waals surface area contributed by atoms with Crippen molar-refractivity contribution >= 4 is 33.3 Å². The third-order valence-corrected chi connectivity index (χ3v) is 2.62. The van der Waals surface area contributed by atoms with E-state index in [-0.39, 0.29) is 15.8 Å². The largest absolute Gasteiger partial charge is 0.433 e. The molecule has 0 aliphatic rings. The molecule has 0 radical (unpaired) electrons. The highest BCUT2D eigenvalue weighted by atomic mass is 79.9. The number of ether oxygens (including phenoxy) is 1. The minimum absolute atomic E-state index is 0.0391. The molecular formula is C10H8BrClF2O2. The van der Waals surface area contributed by atoms with Crippen LogP contribution in [0.15, 0.2) is 22.7 Å². The van der Waals surface area contributed by atoms with Gasteiger partial charge in [-0.3, -0.25) is 4.79 Å². The quantitative estimate of drug-likeness (QED) is 0.623. The molecule has 0 spiro atoms. The van der Waals surface area contributed by atoms with Crippen molar-refractivity contribution in [2.75, 3.05) is 0 Å². The molecule has 0 bridgehead atoms. The van der Waals surface area contributed by atoms with Gasteiger partial charge in [-0.1, -0.05) is 6.07 Å². The third-order valence-electron chi connectivity index (χ3n) is 1.80. The van der Waals surface area contributed by atoms with Crippen molar-refractivity contribution in [2.45, 2.75) is 18.9 Å². The Morgan fingerprint density at radius 2 is 2.12 bits per heavy atom. The first-order chi connectivity index (χ1) is 7.43. The van der Waals surface area contributed by atoms with Gasteiger partial charge in [0.1, 0.15) is 0 Å². The molecule has 0 fully saturated rings. The van der Waals surface area contributed by atoms with Gasteiger partial charge in [0.15, 0.2) is 11.5 Å². The number of ketones is 1. The van der Waals surface area contributed by atoms with E-state index in [1.165, 1.54) is 19.1 Å². The molecule has 0 saturated carbocycles. The number of carbonyl (C=O) groups excluding carboxylic acids is 1. The topological polar surface area (TPSA) is 26.3 Å². The van der Waals surface area contributed by atoms with E-state index in [0.717, 1.165) is 0 Å². The van der Waals surface area contributed by atoms with Crippen molar-refractivity contribution in [3.8, 4) is 5.75 Å². The number of hydrogen-bond acceptors (Lipinski definition) is 2. The van der Waals surface area contributed by atoms with E-state index in [4.69, 9.17) is 11.6 Å². The first-order valence-corrected chi connectivity index (χ1v) is 5.58. The van der Waals surface area contributed by atoms with Gasteiger partial charge < -0.3 is 4.74 Å². The zero-order valence-corrected chi connectivity index (χ0v) is 10.6. The van der Waals surface area contributed by atoms with E-state index in [9.17, 15) is 13.6 Å². The van der Waals surface area contributed by atoms with Crippen LogP contribution in [0, 0.1) is 0 Å². The highest BCUT2D eigenvalue weighted by molar-refractivity contribution is 9.10. The summed E-state index contributed by atoms with van der Waals surface area (Å²) in [5.41, 5.74) is 0.0391. The molecule has 1 unspecified atom stereocenters. The van der Waals surface area contributed by atoms with Crippen LogP contribution in [0.5, 0.6) is 5.75 Å². The van der Waals surface area contributed by atoms with E-state index in [2.05, 4.69) is 20.7 Å². The summed E-state index contributed by atoms with van der Waals surface area (Å²) >= 11 is 8.66. The van der Waals surface area contributed by atoms with Gasteiger partial charge in [-0.2, -0.15) is 8.78 Å². The fourth-order valence-corrected chi connectivity index (χ4v) is 1.70. The van der Waals surface area contributed by atoms with Gasteiger partial charge in [0.05, 0.1) is 15.4 Å². The maximum absolute atomic E-state index is 12.2. The second-order valence-electron chi connectivity index (χ2n) is 2.98. The van der Waals surface area contributed by atoms with Crippen molar-refractivity contribution in [3.05, 3.63) is 28.2 Å². The normalized spacial score (nSPS) is 12.6. The fourth-order valence-electron chi connectivity index (χ4n) is 1.13. The van der Waals surface area contributed by atoms with Crippen LogP contribution in [0.3, 0.4) is 0 Å². The van der Waals surface area contributed by atoms with Gasteiger partial charge in [-0.25, -0.2) is 0 Å². The lowest BCUT2D eigenvalue weighted by Crippen LogP contribution is -2.14. The zero-order valence-electron chi connectivity index (χ0n) is 8.22. The molecule has 0 heterocycles. The number of hydrogen-bond donors (Lipinski definition) is 0. The van der Waals surface area contributed by atoms with Crippen LogP contribution in [0.2, 0.25) is 0 Å². The molecule has 0 aromatic heterocycles. The standard InChI is InChI=1S/C10H8BrClF2O2/c1-5(12)8(15)6-3-2-4-7(11)9(6)16-10(13)14/h2-5,10H,1H3. The summed E-state index contributed by atoms with van der Waals surface area (Å²) in [5, 5.41) is -0.797. The van der Waals surface area contributed by atoms with Gasteiger partial charge in [0, 0.05) is 0 Å². The highest BCUT2D eigenvalue weighted by Gasteiger charge is 2.21. The van der Waals surface area contributed by atoms with E-state index >= 15 is 0 Å². The number of Topliss-reactive ketones (excluding diaryl/α,β-unsaturated/α-hetero) is 1. The Hall–Kier alpha value is -0.680. The SMILES string of the molecule is CC(Cl)C(=O)c1cccc(Br)c1OC(F)F. The van der Waals surface area contributed by atoms with Crippen molar-refractivity contribution < 1.29 is 18.3 Å². The predicted octanol–water partition coefficient (Wildman–Crippen LogP) is 3.86. The molecular weight excluding hydrogens is 305 g/mol. The predicted molar refractivity (Wildman–Crippen MR) is 60.4 cm³/mol. The summed E-state index contributed by atoms with van der Waals surface area (Å²) in [6.07, 6.45) is 0. The van der Waals surface area contributed by atoms with Crippen LogP contribution in [-0.4, -0.2) is 17.8 Å². The van der Waals surface area contributed by atoms with E-state index in [0.29, 0.717) is 0 Å². The van der Waals surface area contributed by atoms with E-state index in [1.54, 1.807) is 6.07 Å². The second-order valence-corrected chi connectivity index (χ2v) is 4.48. The Labute approximate surface area is 105 Å². The Bertz CT molecular complexity index is 396. The minimum atomic E-state index is -2.99. The van der Waals surface area contributed by atoms with Crippen LogP contribution in [0.4, 0.5) is 8.78 Å². The molecule has 0 N–H and O–H groups in total. The number of alkyl halides is 3. The molecule has 16 heavy (non-hydrogen) atoms. The summed E-state index contributed by atoms with van der Waals surface area (Å²) in [4.78, 5) is 11.6. The van der Waals surface area contributed by atoms with Crippen LogP contribution in [0.1, 0.15) is 17.3 Å². The first-order valence-electron chi connectivity index (χ1n) is 4.35. The summed E-state index contributed by atoms with van der Waals surface area (Å²) < 4.78 is 28.9. The number of halogens is 4. The Kier molecular flexibility index (Phi) is 4.68. The Morgan fingerprint density at radius 1 is 1.50 bits per heavy atom. The minimum Gasteiger partial charge on any atom is -0.433 e. The molecule has 0 aliphatic heterocycles. The molecule has 6 heteroatoms. The number of carbonyl (C=O) groups is 1. The summed E-state index contributed by atoms with van der Waals surface area (Å²) in [5.74, 6) is -0.645. The van der Waals surface area contributed by atoms with Crippen molar-refractivity contribution in [1.82, 2.24) is 0 Å².